The molecule has 0 aromatic heterocycles. The fourth-order valence-corrected chi connectivity index (χ4v) is 9.31. The van der Waals surface area contributed by atoms with Gasteiger partial charge in [0.05, 0.1) is 71.4 Å². The zero-order chi connectivity index (χ0) is 59.3. The first-order valence-corrected chi connectivity index (χ1v) is 26.9. The maximum Gasteiger partial charge on any atom is 0.340 e. The van der Waals surface area contributed by atoms with E-state index in [2.05, 4.69) is 40.9 Å². The zero-order valence-corrected chi connectivity index (χ0v) is 46.1. The summed E-state index contributed by atoms with van der Waals surface area (Å²) < 4.78 is 21.1. The molecule has 20 heteroatoms. The third-order valence-corrected chi connectivity index (χ3v) is 13.2. The summed E-state index contributed by atoms with van der Waals surface area (Å²) >= 11 is 0. The quantitative estimate of drug-likeness (QED) is 0.0399. The fourth-order valence-electron chi connectivity index (χ4n) is 9.31. The standard InChI is InChI=1S/C64H56N8O12/c1-5-81-61(77)49-17-9-13-21-53(49)69-65-45-29-37-25-39-31-46(66-70-54-22-14-10-18-50(54)62(78)82-6-2)33-41(58(39)74)27-43-35-48(68-72-56-24-16-12-20-52(56)64(80)84-8-4)36-44(60(43)76)28-42-34-47(32-40(59(42)75)26-38(30-45)57(37)73)67-71-55-23-15-11-19-51(55)63(79)83-7-3/h9-24,29-36,73-76H,5-8,25-28H2,1-4H3. The molecule has 1 aliphatic carbocycles. The van der Waals surface area contributed by atoms with E-state index in [1.165, 1.54) is 0 Å². The van der Waals surface area contributed by atoms with Crippen LogP contribution in [0.5, 0.6) is 23.0 Å². The number of fused-ring (bicyclic) bond motifs is 8. The molecule has 0 spiro atoms. The number of esters is 4. The molecule has 84 heavy (non-hydrogen) atoms. The molecule has 9 rings (SSSR count). The van der Waals surface area contributed by atoms with Gasteiger partial charge in [0.15, 0.2) is 0 Å². The summed E-state index contributed by atoms with van der Waals surface area (Å²) in [4.78, 5) is 52.0. The van der Waals surface area contributed by atoms with Crippen LogP contribution in [-0.2, 0) is 44.6 Å². The topological polar surface area (TPSA) is 285 Å². The summed E-state index contributed by atoms with van der Waals surface area (Å²) in [5.41, 5.74) is 4.17. The van der Waals surface area contributed by atoms with E-state index in [0.29, 0.717) is 0 Å². The Morgan fingerprint density at radius 2 is 0.488 bits per heavy atom. The van der Waals surface area contributed by atoms with Crippen molar-refractivity contribution in [3.05, 3.63) is 212 Å². The molecular formula is C64H56N8O12. The Bertz CT molecular complexity index is 3370. The lowest BCUT2D eigenvalue weighted by Gasteiger charge is -2.18. The number of rotatable bonds is 16. The SMILES string of the molecule is CCOC(=O)c1ccccc1N=Nc1cc2c(O)c(c1)Cc1cc(N=Nc3ccccc3C(=O)OCC)cc(c1O)Cc1cc(N=Nc3ccccc3C(=O)OCC)cc(c1O)Cc1cc(N=Nc3ccccc3C(=O)OCC)cc(c1O)C2. The Labute approximate surface area is 482 Å². The fraction of sp³-hybridized carbons (Fsp3) is 0.188. The number of hydrogen-bond donors (Lipinski definition) is 4. The van der Waals surface area contributed by atoms with Gasteiger partial charge in [0.25, 0.3) is 0 Å². The van der Waals surface area contributed by atoms with Crippen molar-refractivity contribution in [2.24, 2.45) is 40.9 Å². The van der Waals surface area contributed by atoms with Gasteiger partial charge in [-0.2, -0.15) is 20.5 Å². The van der Waals surface area contributed by atoms with Crippen LogP contribution in [0.4, 0.5) is 45.5 Å². The molecule has 20 nitrogen and oxygen atoms in total. The average molecular weight is 1130 g/mol. The van der Waals surface area contributed by atoms with Crippen molar-refractivity contribution in [2.75, 3.05) is 26.4 Å². The molecule has 0 heterocycles. The van der Waals surface area contributed by atoms with Crippen LogP contribution in [0.2, 0.25) is 0 Å². The second-order valence-corrected chi connectivity index (χ2v) is 18.9. The predicted molar refractivity (Wildman–Crippen MR) is 310 cm³/mol. The van der Waals surface area contributed by atoms with E-state index in [4.69, 9.17) is 18.9 Å². The maximum absolute atomic E-state index is 13.0. The molecule has 1 aliphatic rings. The average Bonchev–Trinajstić information content (AvgIpc) is 3.51. The summed E-state index contributed by atoms with van der Waals surface area (Å²) in [5, 5.41) is 85.7. The number of hydrogen-bond acceptors (Lipinski definition) is 20. The van der Waals surface area contributed by atoms with Crippen LogP contribution in [0, 0.1) is 0 Å². The maximum atomic E-state index is 13.0. The first-order valence-electron chi connectivity index (χ1n) is 26.9. The highest BCUT2D eigenvalue weighted by molar-refractivity contribution is 5.96. The van der Waals surface area contributed by atoms with Crippen molar-refractivity contribution < 1.29 is 58.6 Å². The van der Waals surface area contributed by atoms with Crippen molar-refractivity contribution in [1.82, 2.24) is 0 Å². The lowest BCUT2D eigenvalue weighted by molar-refractivity contribution is 0.0517. The van der Waals surface area contributed by atoms with Crippen molar-refractivity contribution in [2.45, 2.75) is 53.4 Å². The van der Waals surface area contributed by atoms with Gasteiger partial charge in [-0.3, -0.25) is 0 Å². The van der Waals surface area contributed by atoms with E-state index >= 15 is 0 Å². The Balaban J connectivity index is 1.26. The molecule has 0 saturated heterocycles. The molecule has 0 aliphatic heterocycles. The largest absolute Gasteiger partial charge is 0.507 e. The van der Waals surface area contributed by atoms with Crippen LogP contribution in [0.1, 0.15) is 114 Å². The highest BCUT2D eigenvalue weighted by Crippen LogP contribution is 2.43. The lowest BCUT2D eigenvalue weighted by atomic mass is 9.90. The van der Waals surface area contributed by atoms with E-state index in [1.807, 2.05) is 0 Å². The number of phenols is 4. The van der Waals surface area contributed by atoms with Crippen molar-refractivity contribution in [3.63, 3.8) is 0 Å². The molecule has 424 valence electrons. The molecule has 0 radical (unpaired) electrons. The number of nitrogens with zero attached hydrogens (tertiary/aromatic N) is 8. The second-order valence-electron chi connectivity index (χ2n) is 18.9. The summed E-state index contributed by atoms with van der Waals surface area (Å²) in [6, 6.07) is 38.5. The van der Waals surface area contributed by atoms with E-state index in [9.17, 15) is 39.6 Å². The van der Waals surface area contributed by atoms with Gasteiger partial charge in [0.2, 0.25) is 0 Å². The van der Waals surface area contributed by atoms with E-state index in [0.717, 1.165) is 0 Å². The van der Waals surface area contributed by atoms with Gasteiger partial charge in [-0.1, -0.05) is 48.5 Å². The number of carbonyl (C=O) groups excluding carboxylic acids is 4. The van der Waals surface area contributed by atoms with Crippen LogP contribution >= 0.6 is 0 Å². The minimum Gasteiger partial charge on any atom is -0.507 e. The van der Waals surface area contributed by atoms with E-state index < -0.39 is 23.9 Å². The smallest absolute Gasteiger partial charge is 0.340 e. The number of azo groups is 4. The third kappa shape index (κ3) is 13.5. The summed E-state index contributed by atoms with van der Waals surface area (Å²) in [5.74, 6) is -3.36. The Morgan fingerprint density at radius 3 is 0.667 bits per heavy atom. The van der Waals surface area contributed by atoms with E-state index in [1.54, 1.807) is 173 Å². The lowest BCUT2D eigenvalue weighted by Crippen LogP contribution is -2.04. The number of phenolic OH excluding ortho intramolecular Hbond substituents is 4. The van der Waals surface area contributed by atoms with Gasteiger partial charge in [-0.15, -0.1) is 20.5 Å². The number of ether oxygens (including phenoxy) is 4. The summed E-state index contributed by atoms with van der Waals surface area (Å²) in [6.45, 7) is 7.25. The van der Waals surface area contributed by atoms with Gasteiger partial charge in [-0.05, 0) is 125 Å². The molecule has 8 aromatic carbocycles. The number of benzene rings is 8. The van der Waals surface area contributed by atoms with Crippen LogP contribution in [-0.4, -0.2) is 70.7 Å². The van der Waals surface area contributed by atoms with Crippen LogP contribution in [0.15, 0.2) is 187 Å². The second kappa shape index (κ2) is 26.7. The summed E-state index contributed by atoms with van der Waals surface area (Å²) in [7, 11) is 0. The molecule has 0 atom stereocenters. The molecule has 8 aromatic rings. The molecular weight excluding hydrogens is 1070 g/mol. The predicted octanol–water partition coefficient (Wildman–Crippen LogP) is 15.6. The van der Waals surface area contributed by atoms with Gasteiger partial charge < -0.3 is 39.4 Å². The molecule has 0 saturated carbocycles. The van der Waals surface area contributed by atoms with Crippen molar-refractivity contribution in [1.29, 1.82) is 0 Å². The normalized spacial score (nSPS) is 12.2. The Kier molecular flexibility index (Phi) is 18.4. The van der Waals surface area contributed by atoms with Gasteiger partial charge in [0, 0.05) is 70.2 Å². The van der Waals surface area contributed by atoms with Gasteiger partial charge in [-0.25, -0.2) is 19.2 Å². The van der Waals surface area contributed by atoms with Crippen LogP contribution in [0.25, 0.3) is 0 Å². The highest BCUT2D eigenvalue weighted by atomic mass is 16.5. The van der Waals surface area contributed by atoms with Crippen molar-refractivity contribution in [3.8, 4) is 23.0 Å². The molecule has 0 amide bonds. The highest BCUT2D eigenvalue weighted by Gasteiger charge is 2.24. The van der Waals surface area contributed by atoms with Gasteiger partial charge >= 0.3 is 23.9 Å². The first kappa shape index (κ1) is 57.9. The van der Waals surface area contributed by atoms with Crippen LogP contribution < -0.4 is 0 Å². The molecule has 0 unspecified atom stereocenters. The zero-order valence-electron chi connectivity index (χ0n) is 46.1. The minimum absolute atomic E-state index is 0.125. The van der Waals surface area contributed by atoms with Crippen molar-refractivity contribution >= 4 is 69.4 Å². The Hall–Kier alpha value is -10.8. The monoisotopic (exact) mass is 1130 g/mol. The number of aromatic hydroxyl groups is 4. The first-order chi connectivity index (χ1) is 40.7. The molecule has 0 fully saturated rings. The summed E-state index contributed by atoms with van der Waals surface area (Å²) in [6.07, 6.45) is -0.722. The molecule has 8 bridgehead atoms. The minimum atomic E-state index is -0.607. The third-order valence-electron chi connectivity index (χ3n) is 13.2. The van der Waals surface area contributed by atoms with E-state index in [-0.39, 0.29) is 187 Å². The van der Waals surface area contributed by atoms with Gasteiger partial charge in [0.1, 0.15) is 45.7 Å². The Morgan fingerprint density at radius 1 is 0.310 bits per heavy atom. The molecule has 4 N–H and O–H groups in total. The van der Waals surface area contributed by atoms with Crippen LogP contribution in [0.3, 0.4) is 0 Å². The number of carbonyl (C=O) groups is 4.